The summed E-state index contributed by atoms with van der Waals surface area (Å²) in [6.45, 7) is -0.170. The summed E-state index contributed by atoms with van der Waals surface area (Å²) in [6, 6.07) is 7.09. The lowest BCUT2D eigenvalue weighted by Crippen LogP contribution is -3.11. The number of carboxylic acid groups (broad SMARTS) is 1. The Bertz CT molecular complexity index is 1230. The Kier molecular flexibility index (Phi) is 7.85. The first-order valence-electron chi connectivity index (χ1n) is 11.5. The second kappa shape index (κ2) is 11.4. The van der Waals surface area contributed by atoms with E-state index in [0.717, 1.165) is 12.8 Å². The summed E-state index contributed by atoms with van der Waals surface area (Å²) >= 11 is 0. The van der Waals surface area contributed by atoms with Gasteiger partial charge in [-0.2, -0.15) is 9.78 Å². The van der Waals surface area contributed by atoms with E-state index in [4.69, 9.17) is 15.1 Å². The zero-order valence-corrected chi connectivity index (χ0v) is 19.7. The third-order valence-corrected chi connectivity index (χ3v) is 6.06. The lowest BCUT2D eigenvalue weighted by atomic mass is 9.94. The first-order valence-corrected chi connectivity index (χ1v) is 11.5. The van der Waals surface area contributed by atoms with E-state index in [0.29, 0.717) is 23.8 Å². The smallest absolute Gasteiger partial charge is 0.294 e. The molecular weight excluding hydrogens is 470 g/mol. The topological polar surface area (TPSA) is 191 Å². The maximum Gasteiger partial charge on any atom is 0.294 e. The van der Waals surface area contributed by atoms with Crippen LogP contribution < -0.4 is 25.9 Å². The Morgan fingerprint density at radius 3 is 2.81 bits per heavy atom. The molecule has 2 aromatic heterocycles. The molecule has 3 aromatic rings. The van der Waals surface area contributed by atoms with Gasteiger partial charge in [-0.1, -0.05) is 23.8 Å². The molecule has 0 radical (unpaired) electrons. The highest BCUT2D eigenvalue weighted by molar-refractivity contribution is 5.94. The molecular formula is C22H27N9O5. The zero-order chi connectivity index (χ0) is 25.5. The number of hydrazone groups is 1. The predicted octanol–water partition coefficient (Wildman–Crippen LogP) is -1.53. The maximum absolute atomic E-state index is 13.0. The number of nitrogen functional groups attached to an aromatic ring is 1. The number of nitrogens with one attached hydrogen (secondary N) is 2. The molecule has 1 aromatic carbocycles. The summed E-state index contributed by atoms with van der Waals surface area (Å²) in [7, 11) is 2.07. The van der Waals surface area contributed by atoms with E-state index in [1.54, 1.807) is 24.3 Å². The van der Waals surface area contributed by atoms with Crippen molar-refractivity contribution in [2.75, 3.05) is 19.4 Å². The summed E-state index contributed by atoms with van der Waals surface area (Å²) in [5.41, 5.74) is 9.32. The summed E-state index contributed by atoms with van der Waals surface area (Å²) in [4.78, 5) is 24.9. The van der Waals surface area contributed by atoms with Crippen molar-refractivity contribution in [3.8, 4) is 11.6 Å². The number of nitrogens with zero attached hydrogens (tertiary/aromatic N) is 6. The largest absolute Gasteiger partial charge is 0.546 e. The highest BCUT2D eigenvalue weighted by Gasteiger charge is 2.29. The average Bonchev–Trinajstić information content (AvgIpc) is 3.49. The van der Waals surface area contributed by atoms with Crippen molar-refractivity contribution < 1.29 is 29.0 Å². The molecule has 1 saturated carbocycles. The van der Waals surface area contributed by atoms with Crippen LogP contribution in [-0.4, -0.2) is 63.1 Å². The van der Waals surface area contributed by atoms with Crippen LogP contribution in [0.25, 0.3) is 5.82 Å². The SMILES string of the molecule is C[NH+](Cc1c(C(=O)N/N=C\c2ccccc2OCC(=O)[O-])nnn1-c1nonc1N)C1CCCCC1. The van der Waals surface area contributed by atoms with E-state index < -0.39 is 18.5 Å². The van der Waals surface area contributed by atoms with Crippen molar-refractivity contribution >= 4 is 23.9 Å². The van der Waals surface area contributed by atoms with Gasteiger partial charge < -0.3 is 25.3 Å². The van der Waals surface area contributed by atoms with Gasteiger partial charge in [-0.15, -0.1) is 5.10 Å². The molecule has 1 unspecified atom stereocenters. The van der Waals surface area contributed by atoms with E-state index in [1.165, 1.54) is 35.1 Å². The van der Waals surface area contributed by atoms with Gasteiger partial charge in [0.2, 0.25) is 11.6 Å². The molecule has 4 N–H and O–H groups in total. The van der Waals surface area contributed by atoms with E-state index in [1.807, 2.05) is 0 Å². The Hall–Kier alpha value is -4.33. The fraction of sp³-hybridized carbons (Fsp3) is 0.409. The normalized spacial score (nSPS) is 15.1. The van der Waals surface area contributed by atoms with Crippen LogP contribution in [0.15, 0.2) is 34.0 Å². The van der Waals surface area contributed by atoms with Crippen molar-refractivity contribution in [1.29, 1.82) is 0 Å². The standard InChI is InChI=1S/C22H27N9O5/c1-30(15-8-3-2-4-9-15)12-16-19(25-29-31(16)21-20(23)27-36-28-21)22(34)26-24-11-14-7-5-6-10-17(14)35-13-18(32)33/h5-7,10-11,15H,2-4,8-9,12-13H2,1H3,(H2,23,27)(H,26,34)(H,32,33)/b24-11-. The molecule has 36 heavy (non-hydrogen) atoms. The van der Waals surface area contributed by atoms with E-state index in [9.17, 15) is 14.7 Å². The van der Waals surface area contributed by atoms with Crippen LogP contribution in [0, 0.1) is 0 Å². The highest BCUT2D eigenvalue weighted by Crippen LogP contribution is 2.18. The number of amides is 1. The van der Waals surface area contributed by atoms with E-state index >= 15 is 0 Å². The average molecular weight is 498 g/mol. The number of aromatic nitrogens is 5. The number of rotatable bonds is 10. The molecule has 1 aliphatic carbocycles. The number of carbonyl (C=O) groups excluding carboxylic acids is 2. The number of carbonyl (C=O) groups is 2. The number of benzene rings is 1. The molecule has 14 heteroatoms. The number of carboxylic acids is 1. The van der Waals surface area contributed by atoms with Crippen molar-refractivity contribution in [3.63, 3.8) is 0 Å². The van der Waals surface area contributed by atoms with Crippen LogP contribution in [0.1, 0.15) is 53.8 Å². The van der Waals surface area contributed by atoms with E-state index in [-0.39, 0.29) is 23.1 Å². The van der Waals surface area contributed by atoms with Gasteiger partial charge in [0.25, 0.3) is 5.91 Å². The molecule has 1 fully saturated rings. The van der Waals surface area contributed by atoms with Crippen molar-refractivity contribution in [1.82, 2.24) is 30.7 Å². The van der Waals surface area contributed by atoms with Gasteiger partial charge in [-0.05, 0) is 48.1 Å². The highest BCUT2D eigenvalue weighted by atomic mass is 16.6. The van der Waals surface area contributed by atoms with Crippen LogP contribution in [0.5, 0.6) is 5.75 Å². The number of anilines is 1. The molecule has 190 valence electrons. The van der Waals surface area contributed by atoms with Gasteiger partial charge in [-0.25, -0.2) is 10.1 Å². The lowest BCUT2D eigenvalue weighted by Gasteiger charge is -2.28. The molecule has 1 atom stereocenters. The third-order valence-electron chi connectivity index (χ3n) is 6.06. The van der Waals surface area contributed by atoms with Crippen LogP contribution in [-0.2, 0) is 11.3 Å². The summed E-state index contributed by atoms with van der Waals surface area (Å²) in [5.74, 6) is -1.50. The Labute approximate surface area is 206 Å². The fourth-order valence-corrected chi connectivity index (χ4v) is 4.22. The first-order chi connectivity index (χ1) is 17.4. The molecule has 1 amide bonds. The zero-order valence-electron chi connectivity index (χ0n) is 19.7. The molecule has 0 aliphatic heterocycles. The molecule has 4 rings (SSSR count). The molecule has 0 bridgehead atoms. The maximum atomic E-state index is 13.0. The number of hydrogen-bond acceptors (Lipinski definition) is 11. The fourth-order valence-electron chi connectivity index (χ4n) is 4.22. The number of ether oxygens (including phenoxy) is 1. The summed E-state index contributed by atoms with van der Waals surface area (Å²) in [5, 5.41) is 30.2. The Morgan fingerprint density at radius 2 is 2.08 bits per heavy atom. The van der Waals surface area contributed by atoms with Crippen LogP contribution in [0.3, 0.4) is 0 Å². The Morgan fingerprint density at radius 1 is 1.31 bits per heavy atom. The second-order valence-corrected chi connectivity index (χ2v) is 8.53. The quantitative estimate of drug-likeness (QED) is 0.219. The molecule has 0 saturated heterocycles. The molecule has 2 heterocycles. The molecule has 14 nitrogen and oxygen atoms in total. The summed E-state index contributed by atoms with van der Waals surface area (Å²) in [6.07, 6.45) is 7.13. The first kappa shape index (κ1) is 24.8. The third kappa shape index (κ3) is 5.83. The van der Waals surface area contributed by atoms with Crippen molar-refractivity contribution in [2.45, 2.75) is 44.7 Å². The van der Waals surface area contributed by atoms with Crippen molar-refractivity contribution in [3.05, 3.63) is 41.2 Å². The number of hydrogen-bond donors (Lipinski definition) is 3. The van der Waals surface area contributed by atoms with Crippen LogP contribution >= 0.6 is 0 Å². The van der Waals surface area contributed by atoms with Gasteiger partial charge in [0.15, 0.2) is 5.69 Å². The number of para-hydroxylation sites is 1. The number of quaternary nitrogens is 1. The minimum Gasteiger partial charge on any atom is -0.546 e. The van der Waals surface area contributed by atoms with Gasteiger partial charge in [0.1, 0.15) is 24.6 Å². The lowest BCUT2D eigenvalue weighted by molar-refractivity contribution is -0.921. The van der Waals surface area contributed by atoms with Gasteiger partial charge >= 0.3 is 0 Å². The van der Waals surface area contributed by atoms with Gasteiger partial charge in [-0.3, -0.25) is 4.79 Å². The second-order valence-electron chi connectivity index (χ2n) is 8.53. The monoisotopic (exact) mass is 497 g/mol. The van der Waals surface area contributed by atoms with E-state index in [2.05, 4.69) is 38.2 Å². The summed E-state index contributed by atoms with van der Waals surface area (Å²) < 4.78 is 11.3. The molecule has 1 aliphatic rings. The van der Waals surface area contributed by atoms with Crippen LogP contribution in [0.2, 0.25) is 0 Å². The van der Waals surface area contributed by atoms with Crippen molar-refractivity contribution in [2.24, 2.45) is 5.10 Å². The van der Waals surface area contributed by atoms with Gasteiger partial charge in [0.05, 0.1) is 25.3 Å². The minimum atomic E-state index is -1.35. The Balaban J connectivity index is 1.54. The van der Waals surface area contributed by atoms with Crippen LogP contribution in [0.4, 0.5) is 5.82 Å². The number of aliphatic carboxylic acids is 1. The molecule has 0 spiro atoms. The predicted molar refractivity (Wildman–Crippen MR) is 123 cm³/mol. The minimum absolute atomic E-state index is 0.0228. The number of nitrogens with two attached hydrogens (primary N) is 1. The van der Waals surface area contributed by atoms with Gasteiger partial charge in [0, 0.05) is 5.56 Å².